The fourth-order valence-corrected chi connectivity index (χ4v) is 4.49. The minimum atomic E-state index is -1.11. The maximum absolute atomic E-state index is 12.2. The average molecular weight is 447 g/mol. The van der Waals surface area contributed by atoms with Gasteiger partial charge < -0.3 is 19.5 Å². The largest absolute Gasteiger partial charge is 0.361 e. The Hall–Kier alpha value is -2.46. The number of nitrogens with one attached hydrogen (secondary N) is 2. The molecule has 1 aliphatic heterocycles. The Kier molecular flexibility index (Phi) is 7.66. The normalized spacial score (nSPS) is 16.6. The number of likely N-dealkylation sites (tertiary alicyclic amines) is 1. The monoisotopic (exact) mass is 446 g/mol. The van der Waals surface area contributed by atoms with Gasteiger partial charge in [-0.25, -0.2) is 14.8 Å². The first kappa shape index (κ1) is 23.2. The molecule has 31 heavy (non-hydrogen) atoms. The van der Waals surface area contributed by atoms with E-state index in [2.05, 4.69) is 40.2 Å². The van der Waals surface area contributed by atoms with E-state index >= 15 is 0 Å². The van der Waals surface area contributed by atoms with Crippen molar-refractivity contribution in [3.05, 3.63) is 18.5 Å². The van der Waals surface area contributed by atoms with E-state index < -0.39 is 8.07 Å². The van der Waals surface area contributed by atoms with Crippen molar-refractivity contribution >= 4 is 37.0 Å². The number of aromatic nitrogens is 3. The number of rotatable bonds is 9. The highest BCUT2D eigenvalue weighted by Gasteiger charge is 2.25. The lowest BCUT2D eigenvalue weighted by Crippen LogP contribution is -2.37. The van der Waals surface area contributed by atoms with Crippen molar-refractivity contribution in [3.8, 4) is 0 Å². The van der Waals surface area contributed by atoms with Crippen LogP contribution < -0.4 is 10.6 Å². The number of urea groups is 1. The first-order valence-electron chi connectivity index (χ1n) is 10.9. The molecule has 1 atom stereocenters. The van der Waals surface area contributed by atoms with E-state index in [1.54, 1.807) is 13.1 Å². The maximum Gasteiger partial charge on any atom is 0.320 e. The number of nitrogens with zero attached hydrogens (tertiary/aromatic N) is 4. The third-order valence-corrected chi connectivity index (χ3v) is 7.18. The number of carbonyl (C=O) groups is 2. The molecule has 2 aromatic rings. The molecule has 2 aromatic heterocycles. The van der Waals surface area contributed by atoms with Crippen molar-refractivity contribution in [2.24, 2.45) is 0 Å². The highest BCUT2D eigenvalue weighted by molar-refractivity contribution is 6.76. The zero-order valence-corrected chi connectivity index (χ0v) is 20.0. The zero-order valence-electron chi connectivity index (χ0n) is 19.0. The summed E-state index contributed by atoms with van der Waals surface area (Å²) in [5, 5.41) is 5.57. The lowest BCUT2D eigenvalue weighted by Gasteiger charge is -2.23. The molecular weight excluding hydrogens is 412 g/mol. The second-order valence-corrected chi connectivity index (χ2v) is 14.9. The van der Waals surface area contributed by atoms with Crippen LogP contribution in [0.25, 0.3) is 11.2 Å². The van der Waals surface area contributed by atoms with Gasteiger partial charge in [-0.05, 0) is 31.4 Å². The molecule has 3 heterocycles. The smallest absolute Gasteiger partial charge is 0.320 e. The van der Waals surface area contributed by atoms with E-state index in [1.165, 1.54) is 0 Å². The third-order valence-electron chi connectivity index (χ3n) is 5.48. The van der Waals surface area contributed by atoms with Gasteiger partial charge in [0.1, 0.15) is 12.2 Å². The molecule has 170 valence electrons. The minimum absolute atomic E-state index is 0.101. The Balaban J connectivity index is 1.46. The van der Waals surface area contributed by atoms with Crippen molar-refractivity contribution in [2.75, 3.05) is 25.0 Å². The molecule has 0 bridgehead atoms. The first-order valence-corrected chi connectivity index (χ1v) is 14.7. The van der Waals surface area contributed by atoms with Crippen LogP contribution >= 0.6 is 0 Å². The van der Waals surface area contributed by atoms with E-state index in [9.17, 15) is 9.59 Å². The number of carbonyl (C=O) groups excluding carboxylic acids is 2. The number of hydrogen-bond acceptors (Lipinski definition) is 5. The predicted molar refractivity (Wildman–Crippen MR) is 124 cm³/mol. The van der Waals surface area contributed by atoms with Crippen LogP contribution in [0.4, 0.5) is 10.6 Å². The van der Waals surface area contributed by atoms with E-state index in [4.69, 9.17) is 4.74 Å². The Bertz CT molecular complexity index is 910. The van der Waals surface area contributed by atoms with E-state index in [0.29, 0.717) is 24.6 Å². The predicted octanol–water partition coefficient (Wildman–Crippen LogP) is 3.27. The maximum atomic E-state index is 12.2. The van der Waals surface area contributed by atoms with Gasteiger partial charge in [-0.15, -0.1) is 0 Å². The van der Waals surface area contributed by atoms with Gasteiger partial charge in [0.25, 0.3) is 0 Å². The molecular formula is C21H34N6O3Si. The fourth-order valence-electron chi connectivity index (χ4n) is 3.73. The molecule has 0 aromatic carbocycles. The molecule has 0 spiro atoms. The summed E-state index contributed by atoms with van der Waals surface area (Å²) in [5.41, 5.74) is 1.43. The topological polar surface area (TPSA) is 101 Å². The quantitative estimate of drug-likeness (QED) is 0.455. The zero-order chi connectivity index (χ0) is 22.4. The SMILES string of the molecule is CC(=O)N1CCCC1CCNC(=O)Nc1cnc2c(ccn2COCC[Si](C)(C)C)n1. The van der Waals surface area contributed by atoms with Crippen LogP contribution in [0.3, 0.4) is 0 Å². The number of amides is 3. The highest BCUT2D eigenvalue weighted by Crippen LogP contribution is 2.19. The van der Waals surface area contributed by atoms with E-state index in [0.717, 1.165) is 44.1 Å². The van der Waals surface area contributed by atoms with Crippen LogP contribution in [-0.4, -0.2) is 65.2 Å². The molecule has 0 aliphatic carbocycles. The molecule has 1 aliphatic rings. The molecule has 0 saturated carbocycles. The second kappa shape index (κ2) is 10.2. The average Bonchev–Trinajstić information content (AvgIpc) is 3.31. The Morgan fingerprint density at radius 1 is 1.32 bits per heavy atom. The molecule has 0 radical (unpaired) electrons. The molecule has 2 N–H and O–H groups in total. The van der Waals surface area contributed by atoms with Crippen LogP contribution in [0.5, 0.6) is 0 Å². The van der Waals surface area contributed by atoms with Crippen molar-refractivity contribution in [3.63, 3.8) is 0 Å². The van der Waals surface area contributed by atoms with Crippen molar-refractivity contribution in [1.29, 1.82) is 0 Å². The molecule has 1 saturated heterocycles. The van der Waals surface area contributed by atoms with Gasteiger partial charge >= 0.3 is 6.03 Å². The Labute approximate surface area is 184 Å². The highest BCUT2D eigenvalue weighted by atomic mass is 28.3. The Morgan fingerprint density at radius 3 is 2.87 bits per heavy atom. The molecule has 3 amide bonds. The summed E-state index contributed by atoms with van der Waals surface area (Å²) in [5.74, 6) is 0.498. The first-order chi connectivity index (χ1) is 14.7. The van der Waals surface area contributed by atoms with Gasteiger partial charge in [0.15, 0.2) is 11.5 Å². The summed E-state index contributed by atoms with van der Waals surface area (Å²) in [6.07, 6.45) is 6.21. The van der Waals surface area contributed by atoms with Crippen LogP contribution in [0.2, 0.25) is 25.7 Å². The summed E-state index contributed by atoms with van der Waals surface area (Å²) < 4.78 is 7.71. The van der Waals surface area contributed by atoms with Crippen molar-refractivity contribution in [2.45, 2.75) is 64.6 Å². The molecule has 1 unspecified atom stereocenters. The number of hydrogen-bond donors (Lipinski definition) is 2. The van der Waals surface area contributed by atoms with Gasteiger partial charge in [0.05, 0.1) is 6.20 Å². The molecule has 9 nitrogen and oxygen atoms in total. The summed E-state index contributed by atoms with van der Waals surface area (Å²) in [4.78, 5) is 34.6. The van der Waals surface area contributed by atoms with Gasteiger partial charge in [0.2, 0.25) is 5.91 Å². The van der Waals surface area contributed by atoms with Gasteiger partial charge in [0, 0.05) is 46.9 Å². The molecule has 3 rings (SSSR count). The van der Waals surface area contributed by atoms with Crippen molar-refractivity contribution < 1.29 is 14.3 Å². The number of fused-ring (bicyclic) bond motifs is 1. The van der Waals surface area contributed by atoms with Gasteiger partial charge in [-0.2, -0.15) is 0 Å². The molecule has 1 fully saturated rings. The van der Waals surface area contributed by atoms with Crippen LogP contribution in [0, 0.1) is 0 Å². The van der Waals surface area contributed by atoms with Gasteiger partial charge in [-0.1, -0.05) is 19.6 Å². The fraction of sp³-hybridized carbons (Fsp3) is 0.619. The van der Waals surface area contributed by atoms with E-state index in [1.807, 2.05) is 21.7 Å². The summed E-state index contributed by atoms with van der Waals surface area (Å²) in [6, 6.07) is 2.87. The third kappa shape index (κ3) is 6.76. The van der Waals surface area contributed by atoms with Crippen LogP contribution in [0.15, 0.2) is 18.5 Å². The van der Waals surface area contributed by atoms with Crippen LogP contribution in [-0.2, 0) is 16.3 Å². The lowest BCUT2D eigenvalue weighted by atomic mass is 10.1. The standard InChI is InChI=1S/C21H34N6O3Si/c1-16(28)27-10-5-6-17(27)7-9-22-21(29)25-19-14-23-20-18(24-19)8-11-26(20)15-30-12-13-31(2,3)4/h8,11,14,17H,5-7,9-10,12-13,15H2,1-4H3,(H2,22,24,25,29). The summed E-state index contributed by atoms with van der Waals surface area (Å²) in [6.45, 7) is 11.1. The Morgan fingerprint density at radius 2 is 2.13 bits per heavy atom. The second-order valence-electron chi connectivity index (χ2n) is 9.28. The number of anilines is 1. The van der Waals surface area contributed by atoms with Crippen molar-refractivity contribution in [1.82, 2.24) is 24.8 Å². The van der Waals surface area contributed by atoms with Gasteiger partial charge in [-0.3, -0.25) is 10.1 Å². The van der Waals surface area contributed by atoms with E-state index in [-0.39, 0.29) is 18.0 Å². The lowest BCUT2D eigenvalue weighted by molar-refractivity contribution is -0.129. The number of ether oxygens (including phenoxy) is 1. The van der Waals surface area contributed by atoms with Crippen LogP contribution in [0.1, 0.15) is 26.2 Å². The minimum Gasteiger partial charge on any atom is -0.361 e. The molecule has 10 heteroatoms. The summed E-state index contributed by atoms with van der Waals surface area (Å²) in [7, 11) is -1.11. The summed E-state index contributed by atoms with van der Waals surface area (Å²) >= 11 is 0.